The predicted octanol–water partition coefficient (Wildman–Crippen LogP) is 3.51. The van der Waals surface area contributed by atoms with E-state index in [1.807, 2.05) is 42.5 Å². The summed E-state index contributed by atoms with van der Waals surface area (Å²) in [7, 11) is 0. The summed E-state index contributed by atoms with van der Waals surface area (Å²) >= 11 is 0. The van der Waals surface area contributed by atoms with Crippen molar-refractivity contribution in [1.82, 2.24) is 5.32 Å². The number of hydrogen-bond acceptors (Lipinski definition) is 1. The Hall–Kier alpha value is -2.16. The quantitative estimate of drug-likeness (QED) is 0.775. The summed E-state index contributed by atoms with van der Waals surface area (Å²) in [4.78, 5) is 11.7. The molecule has 1 N–H and O–H groups in total. The number of benzene rings is 2. The van der Waals surface area contributed by atoms with Crippen LogP contribution in [0.25, 0.3) is 0 Å². The molecule has 0 aliphatic carbocycles. The molecule has 21 heavy (non-hydrogen) atoms. The van der Waals surface area contributed by atoms with Gasteiger partial charge in [0.15, 0.2) is 0 Å². The Morgan fingerprint density at radius 3 is 2.33 bits per heavy atom. The van der Waals surface area contributed by atoms with Crippen molar-refractivity contribution in [2.45, 2.75) is 25.7 Å². The fraction of sp³-hybridized carbons (Fsp3) is 0.278. The van der Waals surface area contributed by atoms with Gasteiger partial charge in [-0.25, -0.2) is 4.39 Å². The average molecular weight is 285 g/mol. The maximum Gasteiger partial charge on any atom is 0.224 e. The van der Waals surface area contributed by atoms with Crippen molar-refractivity contribution >= 4 is 5.91 Å². The Balaban J connectivity index is 1.59. The summed E-state index contributed by atoms with van der Waals surface area (Å²) in [6, 6.07) is 16.3. The molecular formula is C18H20FNO. The van der Waals surface area contributed by atoms with Crippen molar-refractivity contribution in [3.63, 3.8) is 0 Å². The third-order valence-electron chi connectivity index (χ3n) is 3.34. The van der Waals surface area contributed by atoms with Gasteiger partial charge in [-0.3, -0.25) is 4.79 Å². The lowest BCUT2D eigenvalue weighted by atomic mass is 10.1. The van der Waals surface area contributed by atoms with Crippen molar-refractivity contribution in [2.75, 3.05) is 6.54 Å². The summed E-state index contributed by atoms with van der Waals surface area (Å²) in [5, 5.41) is 2.93. The Morgan fingerprint density at radius 1 is 0.905 bits per heavy atom. The van der Waals surface area contributed by atoms with E-state index in [1.165, 1.54) is 12.1 Å². The standard InChI is InChI=1S/C18H20FNO/c19-17-11-9-15(10-12-17)6-4-5-13-20-18(21)14-16-7-2-1-3-8-16/h1-3,7-12H,4-6,13-14H2,(H,20,21). The van der Waals surface area contributed by atoms with Crippen LogP contribution in [0.1, 0.15) is 24.0 Å². The van der Waals surface area contributed by atoms with Gasteiger partial charge < -0.3 is 5.32 Å². The minimum absolute atomic E-state index is 0.0583. The highest BCUT2D eigenvalue weighted by Crippen LogP contribution is 2.06. The number of aryl methyl sites for hydroxylation is 1. The lowest BCUT2D eigenvalue weighted by molar-refractivity contribution is -0.120. The van der Waals surface area contributed by atoms with Gasteiger partial charge in [0.1, 0.15) is 5.82 Å². The van der Waals surface area contributed by atoms with E-state index in [0.717, 1.165) is 30.4 Å². The van der Waals surface area contributed by atoms with Gasteiger partial charge in [-0.05, 0) is 42.5 Å². The summed E-state index contributed by atoms with van der Waals surface area (Å²) in [5.74, 6) is -0.144. The maximum absolute atomic E-state index is 12.7. The largest absolute Gasteiger partial charge is 0.356 e. The van der Waals surface area contributed by atoms with Gasteiger partial charge in [0.25, 0.3) is 0 Å². The first-order valence-electron chi connectivity index (χ1n) is 7.29. The SMILES string of the molecule is O=C(Cc1ccccc1)NCCCCc1ccc(F)cc1. The van der Waals surface area contributed by atoms with E-state index < -0.39 is 0 Å². The first kappa shape index (κ1) is 15.2. The number of nitrogens with one attached hydrogen (secondary N) is 1. The molecule has 0 heterocycles. The Bertz CT molecular complexity index is 551. The molecule has 0 aliphatic heterocycles. The second kappa shape index (κ2) is 8.20. The van der Waals surface area contributed by atoms with Crippen LogP contribution in [0.2, 0.25) is 0 Å². The molecule has 1 amide bonds. The maximum atomic E-state index is 12.7. The third kappa shape index (κ3) is 5.78. The van der Waals surface area contributed by atoms with Gasteiger partial charge in [0.2, 0.25) is 5.91 Å². The Morgan fingerprint density at radius 2 is 1.62 bits per heavy atom. The second-order valence-electron chi connectivity index (χ2n) is 5.10. The summed E-state index contributed by atoms with van der Waals surface area (Å²) in [5.41, 5.74) is 2.16. The number of carbonyl (C=O) groups is 1. The first-order valence-corrected chi connectivity index (χ1v) is 7.29. The van der Waals surface area contributed by atoms with Crippen LogP contribution in [0.4, 0.5) is 4.39 Å². The first-order chi connectivity index (χ1) is 10.2. The van der Waals surface area contributed by atoms with Crippen molar-refractivity contribution in [3.05, 3.63) is 71.5 Å². The molecule has 110 valence electrons. The summed E-state index contributed by atoms with van der Waals surface area (Å²) in [6.45, 7) is 0.687. The van der Waals surface area contributed by atoms with E-state index in [0.29, 0.717) is 13.0 Å². The Labute approximate surface area is 125 Å². The smallest absolute Gasteiger partial charge is 0.224 e. The molecule has 2 aromatic carbocycles. The van der Waals surface area contributed by atoms with Gasteiger partial charge in [-0.1, -0.05) is 42.5 Å². The molecular weight excluding hydrogens is 265 g/mol. The predicted molar refractivity (Wildman–Crippen MR) is 82.5 cm³/mol. The monoisotopic (exact) mass is 285 g/mol. The van der Waals surface area contributed by atoms with Crippen molar-refractivity contribution in [3.8, 4) is 0 Å². The number of rotatable bonds is 7. The molecule has 0 saturated carbocycles. The highest BCUT2D eigenvalue weighted by molar-refractivity contribution is 5.78. The van der Waals surface area contributed by atoms with Crippen LogP contribution in [0, 0.1) is 5.82 Å². The van der Waals surface area contributed by atoms with E-state index in [2.05, 4.69) is 5.32 Å². The molecule has 0 aliphatic rings. The van der Waals surface area contributed by atoms with Crippen molar-refractivity contribution in [2.24, 2.45) is 0 Å². The van der Waals surface area contributed by atoms with Gasteiger partial charge >= 0.3 is 0 Å². The fourth-order valence-corrected chi connectivity index (χ4v) is 2.18. The highest BCUT2D eigenvalue weighted by atomic mass is 19.1. The van der Waals surface area contributed by atoms with Crippen LogP contribution in [0.3, 0.4) is 0 Å². The number of halogens is 1. The van der Waals surface area contributed by atoms with Crippen LogP contribution in [0.5, 0.6) is 0 Å². The van der Waals surface area contributed by atoms with Gasteiger partial charge in [0.05, 0.1) is 6.42 Å². The zero-order valence-corrected chi connectivity index (χ0v) is 12.0. The third-order valence-corrected chi connectivity index (χ3v) is 3.34. The van der Waals surface area contributed by atoms with Crippen LogP contribution in [-0.4, -0.2) is 12.5 Å². The molecule has 0 spiro atoms. The molecule has 2 aromatic rings. The zero-order chi connectivity index (χ0) is 14.9. The van der Waals surface area contributed by atoms with Crippen LogP contribution >= 0.6 is 0 Å². The molecule has 0 atom stereocenters. The number of unbranched alkanes of at least 4 members (excludes halogenated alkanes) is 1. The molecule has 0 aromatic heterocycles. The number of hydrogen-bond donors (Lipinski definition) is 1. The Kier molecular flexibility index (Phi) is 5.95. The van der Waals surface area contributed by atoms with Crippen molar-refractivity contribution in [1.29, 1.82) is 0 Å². The highest BCUT2D eigenvalue weighted by Gasteiger charge is 2.02. The molecule has 0 saturated heterocycles. The van der Waals surface area contributed by atoms with E-state index in [1.54, 1.807) is 0 Å². The fourth-order valence-electron chi connectivity index (χ4n) is 2.18. The normalized spacial score (nSPS) is 10.3. The molecule has 2 nitrogen and oxygen atoms in total. The van der Waals surface area contributed by atoms with Gasteiger partial charge in [0, 0.05) is 6.54 Å². The molecule has 0 fully saturated rings. The topological polar surface area (TPSA) is 29.1 Å². The second-order valence-corrected chi connectivity index (χ2v) is 5.10. The lowest BCUT2D eigenvalue weighted by Crippen LogP contribution is -2.26. The van der Waals surface area contributed by atoms with Crippen LogP contribution in [-0.2, 0) is 17.6 Å². The number of carbonyl (C=O) groups excluding carboxylic acids is 1. The molecule has 2 rings (SSSR count). The lowest BCUT2D eigenvalue weighted by Gasteiger charge is -2.05. The van der Waals surface area contributed by atoms with E-state index >= 15 is 0 Å². The van der Waals surface area contributed by atoms with E-state index in [9.17, 15) is 9.18 Å². The minimum atomic E-state index is -0.202. The molecule has 3 heteroatoms. The van der Waals surface area contributed by atoms with E-state index in [-0.39, 0.29) is 11.7 Å². The minimum Gasteiger partial charge on any atom is -0.356 e. The summed E-state index contributed by atoms with van der Waals surface area (Å²) < 4.78 is 12.7. The molecule has 0 bridgehead atoms. The van der Waals surface area contributed by atoms with Gasteiger partial charge in [-0.2, -0.15) is 0 Å². The molecule has 0 unspecified atom stereocenters. The van der Waals surface area contributed by atoms with Crippen LogP contribution in [0.15, 0.2) is 54.6 Å². The average Bonchev–Trinajstić information content (AvgIpc) is 2.50. The zero-order valence-electron chi connectivity index (χ0n) is 12.0. The number of amides is 1. The van der Waals surface area contributed by atoms with Crippen molar-refractivity contribution < 1.29 is 9.18 Å². The molecule has 0 radical (unpaired) electrons. The summed E-state index contributed by atoms with van der Waals surface area (Å²) in [6.07, 6.45) is 3.25. The van der Waals surface area contributed by atoms with Crippen LogP contribution < -0.4 is 5.32 Å². The van der Waals surface area contributed by atoms with E-state index in [4.69, 9.17) is 0 Å². The van der Waals surface area contributed by atoms with Gasteiger partial charge in [-0.15, -0.1) is 0 Å².